The second-order valence-corrected chi connectivity index (χ2v) is 5.58. The number of rotatable bonds is 9. The smallest absolute Gasteiger partial charge is 0.301 e. The van der Waals surface area contributed by atoms with Crippen molar-refractivity contribution < 1.29 is 14.0 Å². The van der Waals surface area contributed by atoms with Gasteiger partial charge in [-0.3, -0.25) is 19.9 Å². The maximum absolute atomic E-state index is 12.1. The van der Waals surface area contributed by atoms with Crippen LogP contribution >= 0.6 is 0 Å². The van der Waals surface area contributed by atoms with Gasteiger partial charge in [0.1, 0.15) is 6.26 Å². The molecule has 134 valence electrons. The number of pyridine rings is 1. The Balaban J connectivity index is 1.77. The van der Waals surface area contributed by atoms with Gasteiger partial charge in [-0.2, -0.15) is 0 Å². The predicted molar refractivity (Wildman–Crippen MR) is 92.0 cm³/mol. The molecule has 2 rings (SSSR count). The summed E-state index contributed by atoms with van der Waals surface area (Å²) in [6, 6.07) is 3.38. The molecule has 2 heterocycles. The van der Waals surface area contributed by atoms with Crippen LogP contribution in [0.5, 0.6) is 0 Å². The lowest BCUT2D eigenvalue weighted by atomic mass is 10.2. The summed E-state index contributed by atoms with van der Waals surface area (Å²) >= 11 is 0. The van der Waals surface area contributed by atoms with Gasteiger partial charge in [0.2, 0.25) is 5.91 Å². The summed E-state index contributed by atoms with van der Waals surface area (Å²) in [6.45, 7) is 1.94. The number of nitrogens with zero attached hydrogens (tertiary/aromatic N) is 3. The summed E-state index contributed by atoms with van der Waals surface area (Å²) in [5.41, 5.74) is 1.08. The van der Waals surface area contributed by atoms with E-state index in [4.69, 9.17) is 4.42 Å². The van der Waals surface area contributed by atoms with E-state index in [1.54, 1.807) is 18.3 Å². The minimum Gasteiger partial charge on any atom is -0.432 e. The van der Waals surface area contributed by atoms with Crippen molar-refractivity contribution in [2.24, 2.45) is 0 Å². The average molecular weight is 346 g/mol. The minimum atomic E-state index is -0.340. The molecule has 25 heavy (non-hydrogen) atoms. The number of anilines is 1. The number of likely N-dealkylation sites (N-methyl/N-ethyl adjacent to an activating group) is 1. The zero-order valence-electron chi connectivity index (χ0n) is 14.3. The minimum absolute atomic E-state index is 0.0837. The molecule has 0 aromatic carbocycles. The standard InChI is InChI=1S/C16H22N6O3/c1-22(2)7-5-19-14(23)11-17-10-13-9-12(3-4-18-13)15(24)21-16-20-6-8-25-16/h3-4,6,8-9,17H,5,7,10-11H2,1-2H3,(H,19,23)(H,20,21,24). The third-order valence-corrected chi connectivity index (χ3v) is 3.20. The molecule has 2 aromatic heterocycles. The van der Waals surface area contributed by atoms with Crippen LogP contribution < -0.4 is 16.0 Å². The first-order valence-electron chi connectivity index (χ1n) is 7.82. The molecule has 0 saturated heterocycles. The number of amides is 2. The SMILES string of the molecule is CN(C)CCNC(=O)CNCc1cc(C(=O)Nc2ncco2)ccn1. The Hall–Kier alpha value is -2.78. The molecule has 2 amide bonds. The molecular weight excluding hydrogens is 324 g/mol. The fraction of sp³-hybridized carbons (Fsp3) is 0.375. The maximum Gasteiger partial charge on any atom is 0.301 e. The Bertz CT molecular complexity index is 687. The van der Waals surface area contributed by atoms with E-state index in [2.05, 4.69) is 25.9 Å². The van der Waals surface area contributed by atoms with Gasteiger partial charge in [0, 0.05) is 31.4 Å². The molecule has 0 saturated carbocycles. The number of carbonyl (C=O) groups is 2. The molecule has 0 aliphatic rings. The van der Waals surface area contributed by atoms with Crippen LogP contribution in [0.4, 0.5) is 6.01 Å². The first-order chi connectivity index (χ1) is 12.0. The Labute approximate surface area is 145 Å². The molecule has 0 unspecified atom stereocenters. The summed E-state index contributed by atoms with van der Waals surface area (Å²) in [5.74, 6) is -0.424. The van der Waals surface area contributed by atoms with Gasteiger partial charge < -0.3 is 20.0 Å². The van der Waals surface area contributed by atoms with Crippen molar-refractivity contribution in [1.82, 2.24) is 25.5 Å². The molecule has 2 aromatic rings. The fourth-order valence-electron chi connectivity index (χ4n) is 1.96. The molecule has 9 heteroatoms. The van der Waals surface area contributed by atoms with E-state index in [9.17, 15) is 9.59 Å². The molecule has 9 nitrogen and oxygen atoms in total. The highest BCUT2D eigenvalue weighted by atomic mass is 16.4. The molecule has 0 fully saturated rings. The second kappa shape index (κ2) is 9.50. The van der Waals surface area contributed by atoms with Crippen LogP contribution in [0.25, 0.3) is 0 Å². The number of carbonyl (C=O) groups excluding carboxylic acids is 2. The van der Waals surface area contributed by atoms with Crippen LogP contribution in [0.1, 0.15) is 16.1 Å². The van der Waals surface area contributed by atoms with Gasteiger partial charge in [0.15, 0.2) is 0 Å². The highest BCUT2D eigenvalue weighted by Crippen LogP contribution is 2.07. The van der Waals surface area contributed by atoms with Gasteiger partial charge in [0.05, 0.1) is 18.4 Å². The number of hydrogen-bond donors (Lipinski definition) is 3. The van der Waals surface area contributed by atoms with E-state index in [1.807, 2.05) is 19.0 Å². The third kappa shape index (κ3) is 6.69. The van der Waals surface area contributed by atoms with E-state index in [0.717, 1.165) is 6.54 Å². The average Bonchev–Trinajstić information content (AvgIpc) is 3.08. The van der Waals surface area contributed by atoms with Crippen molar-refractivity contribution in [3.63, 3.8) is 0 Å². The Kier molecular flexibility index (Phi) is 7.05. The number of nitrogens with one attached hydrogen (secondary N) is 3. The normalized spacial score (nSPS) is 10.7. The monoisotopic (exact) mass is 346 g/mol. The van der Waals surface area contributed by atoms with Crippen LogP contribution in [0.3, 0.4) is 0 Å². The molecule has 0 aliphatic heterocycles. The molecule has 0 atom stereocenters. The fourth-order valence-corrected chi connectivity index (χ4v) is 1.96. The summed E-state index contributed by atoms with van der Waals surface area (Å²) in [7, 11) is 3.89. The van der Waals surface area contributed by atoms with Gasteiger partial charge >= 0.3 is 6.01 Å². The van der Waals surface area contributed by atoms with E-state index in [0.29, 0.717) is 24.3 Å². The van der Waals surface area contributed by atoms with Gasteiger partial charge in [0.25, 0.3) is 5.91 Å². The van der Waals surface area contributed by atoms with Crippen molar-refractivity contribution in [2.45, 2.75) is 6.54 Å². The lowest BCUT2D eigenvalue weighted by molar-refractivity contribution is -0.120. The lowest BCUT2D eigenvalue weighted by Crippen LogP contribution is -2.37. The summed E-state index contributed by atoms with van der Waals surface area (Å²) < 4.78 is 4.98. The first kappa shape index (κ1) is 18.6. The molecular formula is C16H22N6O3. The summed E-state index contributed by atoms with van der Waals surface area (Å²) in [6.07, 6.45) is 4.36. The van der Waals surface area contributed by atoms with Crippen molar-refractivity contribution >= 4 is 17.8 Å². The molecule has 3 N–H and O–H groups in total. The quantitative estimate of drug-likeness (QED) is 0.590. The molecule has 0 spiro atoms. The zero-order chi connectivity index (χ0) is 18.1. The van der Waals surface area contributed by atoms with E-state index >= 15 is 0 Å². The van der Waals surface area contributed by atoms with Gasteiger partial charge in [-0.25, -0.2) is 4.98 Å². The molecule has 0 bridgehead atoms. The van der Waals surface area contributed by atoms with Gasteiger partial charge in [-0.15, -0.1) is 0 Å². The van der Waals surface area contributed by atoms with Crippen molar-refractivity contribution in [1.29, 1.82) is 0 Å². The zero-order valence-corrected chi connectivity index (χ0v) is 14.3. The van der Waals surface area contributed by atoms with E-state index < -0.39 is 0 Å². The second-order valence-electron chi connectivity index (χ2n) is 5.58. The van der Waals surface area contributed by atoms with E-state index in [-0.39, 0.29) is 24.4 Å². The van der Waals surface area contributed by atoms with Crippen LogP contribution in [0.15, 0.2) is 35.2 Å². The van der Waals surface area contributed by atoms with E-state index in [1.165, 1.54) is 12.5 Å². The van der Waals surface area contributed by atoms with Crippen molar-refractivity contribution in [3.05, 3.63) is 42.0 Å². The Morgan fingerprint density at radius 1 is 1.24 bits per heavy atom. The van der Waals surface area contributed by atoms with Crippen LogP contribution in [0.2, 0.25) is 0 Å². The topological polar surface area (TPSA) is 112 Å². The molecule has 0 radical (unpaired) electrons. The predicted octanol–water partition coefficient (Wildman–Crippen LogP) is 0.0893. The highest BCUT2D eigenvalue weighted by molar-refractivity contribution is 6.03. The summed E-state index contributed by atoms with van der Waals surface area (Å²) in [5, 5.41) is 8.35. The van der Waals surface area contributed by atoms with Crippen molar-refractivity contribution in [2.75, 3.05) is 39.0 Å². The van der Waals surface area contributed by atoms with Crippen LogP contribution in [0, 0.1) is 0 Å². The van der Waals surface area contributed by atoms with Gasteiger partial charge in [-0.1, -0.05) is 0 Å². The maximum atomic E-state index is 12.1. The third-order valence-electron chi connectivity index (χ3n) is 3.20. The number of hydrogen-bond acceptors (Lipinski definition) is 7. The first-order valence-corrected chi connectivity index (χ1v) is 7.82. The number of oxazole rings is 1. The van der Waals surface area contributed by atoms with Crippen LogP contribution in [-0.2, 0) is 11.3 Å². The van der Waals surface area contributed by atoms with Crippen molar-refractivity contribution in [3.8, 4) is 0 Å². The Morgan fingerprint density at radius 3 is 2.80 bits per heavy atom. The molecule has 0 aliphatic carbocycles. The lowest BCUT2D eigenvalue weighted by Gasteiger charge is -2.10. The largest absolute Gasteiger partial charge is 0.432 e. The Morgan fingerprint density at radius 2 is 2.08 bits per heavy atom. The summed E-state index contributed by atoms with van der Waals surface area (Å²) in [4.78, 5) is 33.8. The van der Waals surface area contributed by atoms with Gasteiger partial charge in [-0.05, 0) is 26.2 Å². The highest BCUT2D eigenvalue weighted by Gasteiger charge is 2.10. The van der Waals surface area contributed by atoms with Crippen LogP contribution in [-0.4, -0.2) is 60.4 Å². The number of aromatic nitrogens is 2.